The van der Waals surface area contributed by atoms with Crippen molar-refractivity contribution in [2.24, 2.45) is 4.99 Å². The van der Waals surface area contributed by atoms with E-state index in [4.69, 9.17) is 0 Å². The van der Waals surface area contributed by atoms with Crippen LogP contribution in [0.15, 0.2) is 22.5 Å². The van der Waals surface area contributed by atoms with Crippen molar-refractivity contribution < 1.29 is 0 Å². The predicted octanol–water partition coefficient (Wildman–Crippen LogP) is 2.63. The molecule has 6 nitrogen and oxygen atoms in total. The second-order valence-electron chi connectivity index (χ2n) is 6.00. The van der Waals surface area contributed by atoms with Gasteiger partial charge in [-0.1, -0.05) is 12.5 Å². The summed E-state index contributed by atoms with van der Waals surface area (Å²) in [6.07, 6.45) is 6.72. The van der Waals surface area contributed by atoms with Gasteiger partial charge >= 0.3 is 0 Å². The molecule has 0 unspecified atom stereocenters. The van der Waals surface area contributed by atoms with E-state index in [1.807, 2.05) is 7.05 Å². The van der Waals surface area contributed by atoms with Crippen LogP contribution in [0.25, 0.3) is 0 Å². The second-order valence-corrected chi connectivity index (χ2v) is 7.03. The Bertz CT molecular complexity index is 652. The Kier molecular flexibility index (Phi) is 8.66. The van der Waals surface area contributed by atoms with Crippen LogP contribution in [0.5, 0.6) is 0 Å². The maximum absolute atomic E-state index is 4.37. The number of hydrogen-bond donors (Lipinski definition) is 2. The number of hydrogen-bond acceptors (Lipinski definition) is 4. The molecule has 0 amide bonds. The minimum atomic E-state index is 0. The number of thiophene rings is 1. The number of nitrogens with one attached hydrogen (secondary N) is 2. The molecule has 3 rings (SSSR count). The van der Waals surface area contributed by atoms with Gasteiger partial charge in [0.25, 0.3) is 0 Å². The molecule has 8 heteroatoms. The zero-order valence-corrected chi connectivity index (χ0v) is 17.8. The normalized spacial score (nSPS) is 14.4. The average Bonchev–Trinajstić information content (AvgIpc) is 3.18. The minimum Gasteiger partial charge on any atom is -0.356 e. The standard InChI is InChI=1S/C17H26N6S.HI/c1-18-17(19-10-8-14-6-5-13-24-14)20-11-9-16-22-21-15-7-3-2-4-12-23(15)16;/h5-6,13H,2-4,7-12H2,1H3,(H2,18,19,20);1H. The minimum absolute atomic E-state index is 0. The zero-order chi connectivity index (χ0) is 16.6. The first-order chi connectivity index (χ1) is 11.9. The van der Waals surface area contributed by atoms with Crippen LogP contribution in [0.2, 0.25) is 0 Å². The van der Waals surface area contributed by atoms with E-state index in [0.717, 1.165) is 56.5 Å². The summed E-state index contributed by atoms with van der Waals surface area (Å²) in [5.41, 5.74) is 0. The Labute approximate surface area is 170 Å². The highest BCUT2D eigenvalue weighted by Crippen LogP contribution is 2.14. The Hall–Kier alpha value is -1.16. The summed E-state index contributed by atoms with van der Waals surface area (Å²) in [5, 5.41) is 17.6. The molecule has 2 N–H and O–H groups in total. The molecule has 0 saturated carbocycles. The quantitative estimate of drug-likeness (QED) is 0.384. The molecule has 0 saturated heterocycles. The summed E-state index contributed by atoms with van der Waals surface area (Å²) < 4.78 is 2.31. The van der Waals surface area contributed by atoms with E-state index in [9.17, 15) is 0 Å². The molecule has 0 fully saturated rings. The number of guanidine groups is 1. The van der Waals surface area contributed by atoms with Crippen LogP contribution in [0.1, 0.15) is 35.8 Å². The smallest absolute Gasteiger partial charge is 0.191 e. The lowest BCUT2D eigenvalue weighted by Gasteiger charge is -2.12. The van der Waals surface area contributed by atoms with E-state index in [2.05, 4.69) is 47.9 Å². The number of halogens is 1. The highest BCUT2D eigenvalue weighted by atomic mass is 127. The Balaban J connectivity index is 0.00000225. The van der Waals surface area contributed by atoms with E-state index < -0.39 is 0 Å². The molecule has 1 aliphatic rings. The summed E-state index contributed by atoms with van der Waals surface area (Å²) in [6, 6.07) is 4.26. The molecule has 0 aliphatic carbocycles. The van der Waals surface area contributed by atoms with Gasteiger partial charge in [-0.3, -0.25) is 4.99 Å². The number of rotatable bonds is 6. The molecule has 1 aliphatic heterocycles. The molecule has 25 heavy (non-hydrogen) atoms. The van der Waals surface area contributed by atoms with E-state index in [0.29, 0.717) is 0 Å². The average molecular weight is 474 g/mol. The fourth-order valence-corrected chi connectivity index (χ4v) is 3.71. The van der Waals surface area contributed by atoms with E-state index in [1.54, 1.807) is 11.3 Å². The lowest BCUT2D eigenvalue weighted by Crippen LogP contribution is -2.39. The molecule has 0 aromatic carbocycles. The predicted molar refractivity (Wildman–Crippen MR) is 114 cm³/mol. The molecular formula is C17H27IN6S. The second kappa shape index (κ2) is 10.7. The number of aryl methyl sites for hydroxylation is 1. The largest absolute Gasteiger partial charge is 0.356 e. The van der Waals surface area contributed by atoms with Crippen molar-refractivity contribution in [2.45, 2.75) is 45.1 Å². The topological polar surface area (TPSA) is 67.1 Å². The first-order valence-corrected chi connectivity index (χ1v) is 9.62. The Morgan fingerprint density at radius 2 is 2.04 bits per heavy atom. The number of nitrogens with zero attached hydrogens (tertiary/aromatic N) is 4. The third-order valence-electron chi connectivity index (χ3n) is 4.29. The van der Waals surface area contributed by atoms with Crippen LogP contribution < -0.4 is 10.6 Å². The van der Waals surface area contributed by atoms with Gasteiger partial charge < -0.3 is 15.2 Å². The molecule has 0 radical (unpaired) electrons. The third-order valence-corrected chi connectivity index (χ3v) is 5.23. The highest BCUT2D eigenvalue weighted by Gasteiger charge is 2.14. The van der Waals surface area contributed by atoms with Crippen LogP contribution >= 0.6 is 35.3 Å². The lowest BCUT2D eigenvalue weighted by atomic mass is 10.2. The molecule has 138 valence electrons. The first-order valence-electron chi connectivity index (χ1n) is 8.74. The highest BCUT2D eigenvalue weighted by molar-refractivity contribution is 14.0. The number of aromatic nitrogens is 3. The number of fused-ring (bicyclic) bond motifs is 1. The van der Waals surface area contributed by atoms with Crippen molar-refractivity contribution in [3.05, 3.63) is 34.0 Å². The maximum atomic E-state index is 4.37. The van der Waals surface area contributed by atoms with Crippen molar-refractivity contribution in [2.75, 3.05) is 20.1 Å². The first kappa shape index (κ1) is 20.2. The van der Waals surface area contributed by atoms with Gasteiger partial charge in [0.2, 0.25) is 0 Å². The fraction of sp³-hybridized carbons (Fsp3) is 0.588. The number of aliphatic imine (C=N–C) groups is 1. The van der Waals surface area contributed by atoms with Crippen molar-refractivity contribution in [1.29, 1.82) is 0 Å². The van der Waals surface area contributed by atoms with Gasteiger partial charge in [-0.15, -0.1) is 45.5 Å². The van der Waals surface area contributed by atoms with E-state index >= 15 is 0 Å². The molecule has 0 bridgehead atoms. The van der Waals surface area contributed by atoms with Crippen LogP contribution in [-0.4, -0.2) is 40.9 Å². The molecule has 2 aromatic heterocycles. The molecule has 0 spiro atoms. The Morgan fingerprint density at radius 3 is 2.80 bits per heavy atom. The van der Waals surface area contributed by atoms with Crippen LogP contribution in [0.3, 0.4) is 0 Å². The summed E-state index contributed by atoms with van der Waals surface area (Å²) in [7, 11) is 1.81. The maximum Gasteiger partial charge on any atom is 0.191 e. The van der Waals surface area contributed by atoms with Crippen molar-refractivity contribution in [3.63, 3.8) is 0 Å². The van der Waals surface area contributed by atoms with E-state index in [-0.39, 0.29) is 24.0 Å². The van der Waals surface area contributed by atoms with Crippen LogP contribution in [0, 0.1) is 0 Å². The van der Waals surface area contributed by atoms with Gasteiger partial charge in [0.15, 0.2) is 5.96 Å². The lowest BCUT2D eigenvalue weighted by molar-refractivity contribution is 0.600. The van der Waals surface area contributed by atoms with Gasteiger partial charge in [0.05, 0.1) is 0 Å². The molecule has 0 atom stereocenters. The SMILES string of the molecule is CN=C(NCCc1cccs1)NCCc1nnc2n1CCCCC2.I. The third kappa shape index (κ3) is 5.95. The monoisotopic (exact) mass is 474 g/mol. The molecule has 2 aromatic rings. The molecule has 3 heterocycles. The van der Waals surface area contributed by atoms with Gasteiger partial charge in [-0.25, -0.2) is 0 Å². The van der Waals surface area contributed by atoms with Gasteiger partial charge in [0, 0.05) is 44.4 Å². The van der Waals surface area contributed by atoms with Gasteiger partial charge in [0.1, 0.15) is 11.6 Å². The Morgan fingerprint density at radius 1 is 1.20 bits per heavy atom. The summed E-state index contributed by atoms with van der Waals surface area (Å²) in [5.74, 6) is 3.09. The van der Waals surface area contributed by atoms with Crippen LogP contribution in [0.4, 0.5) is 0 Å². The summed E-state index contributed by atoms with van der Waals surface area (Å²) in [6.45, 7) is 2.77. The van der Waals surface area contributed by atoms with Crippen molar-refractivity contribution in [3.8, 4) is 0 Å². The van der Waals surface area contributed by atoms with Crippen molar-refractivity contribution >= 4 is 41.3 Å². The summed E-state index contributed by atoms with van der Waals surface area (Å²) >= 11 is 1.79. The summed E-state index contributed by atoms with van der Waals surface area (Å²) in [4.78, 5) is 5.68. The van der Waals surface area contributed by atoms with E-state index in [1.165, 1.54) is 24.1 Å². The van der Waals surface area contributed by atoms with Gasteiger partial charge in [-0.05, 0) is 30.7 Å². The molecular weight excluding hydrogens is 447 g/mol. The zero-order valence-electron chi connectivity index (χ0n) is 14.7. The van der Waals surface area contributed by atoms with Crippen molar-refractivity contribution in [1.82, 2.24) is 25.4 Å². The van der Waals surface area contributed by atoms with Gasteiger partial charge in [-0.2, -0.15) is 0 Å². The van der Waals surface area contributed by atoms with Crippen LogP contribution in [-0.2, 0) is 25.8 Å². The fourth-order valence-electron chi connectivity index (χ4n) is 3.00.